The minimum absolute atomic E-state index is 0.240. The minimum atomic E-state index is -3.81. The van der Waals surface area contributed by atoms with Crippen LogP contribution >= 0.6 is 0 Å². The van der Waals surface area contributed by atoms with Gasteiger partial charge in [0.25, 0.3) is 10.1 Å². The lowest BCUT2D eigenvalue weighted by atomic mass is 9.85. The number of hydrogen-bond donors (Lipinski definition) is 1. The van der Waals surface area contributed by atoms with Crippen molar-refractivity contribution in [1.29, 1.82) is 0 Å². The van der Waals surface area contributed by atoms with Crippen LogP contribution < -0.4 is 0 Å². The summed E-state index contributed by atoms with van der Waals surface area (Å²) in [4.78, 5) is 0. The second-order valence-electron chi connectivity index (χ2n) is 6.17. The van der Waals surface area contributed by atoms with E-state index in [2.05, 4.69) is 0 Å². The van der Waals surface area contributed by atoms with Crippen molar-refractivity contribution in [2.45, 2.75) is 50.2 Å². The van der Waals surface area contributed by atoms with Crippen molar-refractivity contribution in [2.24, 2.45) is 23.7 Å². The Balaban J connectivity index is 1.84. The van der Waals surface area contributed by atoms with Crippen molar-refractivity contribution >= 4 is 10.1 Å². The molecule has 0 spiro atoms. The van der Waals surface area contributed by atoms with E-state index in [9.17, 15) is 13.0 Å². The van der Waals surface area contributed by atoms with Crippen molar-refractivity contribution in [1.82, 2.24) is 0 Å². The van der Waals surface area contributed by atoms with Gasteiger partial charge in [-0.15, -0.1) is 0 Å². The van der Waals surface area contributed by atoms with E-state index in [1.54, 1.807) is 0 Å². The lowest BCUT2D eigenvalue weighted by Crippen LogP contribution is -2.26. The van der Waals surface area contributed by atoms with Gasteiger partial charge in [-0.25, -0.2) is 0 Å². The van der Waals surface area contributed by atoms with Crippen molar-refractivity contribution < 1.29 is 13.0 Å². The molecular weight excluding hydrogens is 224 g/mol. The van der Waals surface area contributed by atoms with Crippen LogP contribution in [0.3, 0.4) is 0 Å². The maximum Gasteiger partial charge on any atom is 0.268 e. The monoisotopic (exact) mass is 244 g/mol. The summed E-state index contributed by atoms with van der Waals surface area (Å²) in [5, 5.41) is -0.447. The third-order valence-corrected chi connectivity index (χ3v) is 6.41. The second-order valence-corrected chi connectivity index (χ2v) is 7.80. The zero-order chi connectivity index (χ0) is 11.3. The molecule has 1 N–H and O–H groups in total. The van der Waals surface area contributed by atoms with E-state index < -0.39 is 15.4 Å². The molecule has 4 heteroatoms. The van der Waals surface area contributed by atoms with Gasteiger partial charge in [-0.1, -0.05) is 12.8 Å². The van der Waals surface area contributed by atoms with E-state index >= 15 is 0 Å². The van der Waals surface area contributed by atoms with Gasteiger partial charge in [0.1, 0.15) is 0 Å². The van der Waals surface area contributed by atoms with Gasteiger partial charge in [0, 0.05) is 0 Å². The van der Waals surface area contributed by atoms with Crippen molar-refractivity contribution in [3.8, 4) is 0 Å². The first-order valence-electron chi connectivity index (χ1n) is 6.48. The van der Waals surface area contributed by atoms with Crippen molar-refractivity contribution in [3.05, 3.63) is 0 Å². The summed E-state index contributed by atoms with van der Waals surface area (Å²) in [5.74, 6) is 2.37. The summed E-state index contributed by atoms with van der Waals surface area (Å²) in [5.41, 5.74) is 0. The number of fused-ring (bicyclic) bond motifs is 4. The van der Waals surface area contributed by atoms with Gasteiger partial charge in [-0.3, -0.25) is 4.55 Å². The molecule has 0 aromatic heterocycles. The molecule has 3 aliphatic rings. The van der Waals surface area contributed by atoms with Crippen LogP contribution in [0.2, 0.25) is 0 Å². The summed E-state index contributed by atoms with van der Waals surface area (Å²) >= 11 is 0. The topological polar surface area (TPSA) is 54.4 Å². The lowest BCUT2D eigenvalue weighted by Gasteiger charge is -2.22. The normalized spacial score (nSPS) is 47.7. The summed E-state index contributed by atoms with van der Waals surface area (Å²) < 4.78 is 32.0. The number of hydrogen-bond acceptors (Lipinski definition) is 2. The molecule has 4 bridgehead atoms. The van der Waals surface area contributed by atoms with Crippen molar-refractivity contribution in [3.63, 3.8) is 0 Å². The molecule has 3 fully saturated rings. The summed E-state index contributed by atoms with van der Waals surface area (Å²) in [6.07, 6.45) is 7.95. The van der Waals surface area contributed by atoms with E-state index in [-0.39, 0.29) is 5.92 Å². The third kappa shape index (κ3) is 1.90. The minimum Gasteiger partial charge on any atom is -0.285 e. The molecule has 0 aliphatic heterocycles. The quantitative estimate of drug-likeness (QED) is 0.721. The molecule has 92 valence electrons. The zero-order valence-corrected chi connectivity index (χ0v) is 10.3. The smallest absolute Gasteiger partial charge is 0.268 e. The largest absolute Gasteiger partial charge is 0.285 e. The molecule has 0 aromatic carbocycles. The standard InChI is InChI=1S/C12H20O3S/c13-16(14,15)12-7-10-4-8-1-2-9(3-8)5-11(12)6-10/h8-12H,1-7H2,(H,13,14,15). The predicted octanol–water partition coefficient (Wildman–Crippen LogP) is 2.48. The zero-order valence-electron chi connectivity index (χ0n) is 9.51. The van der Waals surface area contributed by atoms with E-state index in [1.807, 2.05) is 0 Å². The van der Waals surface area contributed by atoms with Crippen LogP contribution in [0.15, 0.2) is 0 Å². The van der Waals surface area contributed by atoms with Crippen LogP contribution in [-0.4, -0.2) is 18.2 Å². The van der Waals surface area contributed by atoms with Gasteiger partial charge in [0.15, 0.2) is 0 Å². The highest BCUT2D eigenvalue weighted by atomic mass is 32.2. The van der Waals surface area contributed by atoms with Gasteiger partial charge < -0.3 is 0 Å². The first-order chi connectivity index (χ1) is 7.52. The van der Waals surface area contributed by atoms with Gasteiger partial charge in [-0.05, 0) is 55.8 Å². The van der Waals surface area contributed by atoms with E-state index in [0.29, 0.717) is 12.3 Å². The fourth-order valence-electron chi connectivity index (χ4n) is 4.51. The lowest BCUT2D eigenvalue weighted by molar-refractivity contribution is 0.303. The maximum atomic E-state index is 11.4. The van der Waals surface area contributed by atoms with Crippen LogP contribution in [0.1, 0.15) is 44.9 Å². The molecule has 16 heavy (non-hydrogen) atoms. The molecule has 3 rings (SSSR count). The SMILES string of the molecule is O=S(=O)(O)C1CC2CC3CCC(C3)CC1C2. The molecule has 3 aliphatic carbocycles. The average Bonchev–Trinajstić information content (AvgIpc) is 2.72. The van der Waals surface area contributed by atoms with E-state index in [0.717, 1.165) is 24.7 Å². The molecule has 0 heterocycles. The summed E-state index contributed by atoms with van der Waals surface area (Å²) in [6, 6.07) is 0. The second kappa shape index (κ2) is 3.70. The maximum absolute atomic E-state index is 11.4. The Morgan fingerprint density at radius 1 is 0.812 bits per heavy atom. The highest BCUT2D eigenvalue weighted by Gasteiger charge is 2.45. The molecule has 0 aromatic rings. The molecule has 3 nitrogen and oxygen atoms in total. The van der Waals surface area contributed by atoms with Crippen LogP contribution in [0.25, 0.3) is 0 Å². The summed E-state index contributed by atoms with van der Waals surface area (Å²) in [7, 11) is -3.81. The Labute approximate surface area is 97.4 Å². The molecule has 0 amide bonds. The summed E-state index contributed by atoms with van der Waals surface area (Å²) in [6.45, 7) is 0. The highest BCUT2D eigenvalue weighted by molar-refractivity contribution is 7.86. The molecular formula is C12H20O3S. The predicted molar refractivity (Wildman–Crippen MR) is 61.6 cm³/mol. The van der Waals surface area contributed by atoms with E-state index in [4.69, 9.17) is 0 Å². The molecule has 0 radical (unpaired) electrons. The van der Waals surface area contributed by atoms with Gasteiger partial charge in [0.2, 0.25) is 0 Å². The molecule has 3 saturated carbocycles. The van der Waals surface area contributed by atoms with E-state index in [1.165, 1.54) is 25.7 Å². The first kappa shape index (κ1) is 11.0. The average molecular weight is 244 g/mol. The first-order valence-corrected chi connectivity index (χ1v) is 7.99. The van der Waals surface area contributed by atoms with Crippen LogP contribution in [-0.2, 0) is 10.1 Å². The Bertz CT molecular complexity index is 376. The molecule has 0 saturated heterocycles. The van der Waals surface area contributed by atoms with Crippen LogP contribution in [0, 0.1) is 23.7 Å². The fourth-order valence-corrected chi connectivity index (χ4v) is 5.73. The van der Waals surface area contributed by atoms with Gasteiger partial charge in [0.05, 0.1) is 5.25 Å². The van der Waals surface area contributed by atoms with Gasteiger partial charge in [-0.2, -0.15) is 8.42 Å². The Morgan fingerprint density at radius 3 is 2.06 bits per heavy atom. The fraction of sp³-hybridized carbons (Fsp3) is 1.00. The Kier molecular flexibility index (Phi) is 2.55. The molecule has 5 unspecified atom stereocenters. The van der Waals surface area contributed by atoms with Crippen molar-refractivity contribution in [2.75, 3.05) is 0 Å². The van der Waals surface area contributed by atoms with Crippen LogP contribution in [0.5, 0.6) is 0 Å². The Hall–Kier alpha value is -0.0900. The van der Waals surface area contributed by atoms with Gasteiger partial charge >= 0.3 is 0 Å². The van der Waals surface area contributed by atoms with Crippen LogP contribution in [0.4, 0.5) is 0 Å². The number of rotatable bonds is 1. The highest BCUT2D eigenvalue weighted by Crippen LogP contribution is 2.50. The third-order valence-electron chi connectivity index (χ3n) is 5.06. The Morgan fingerprint density at radius 2 is 1.38 bits per heavy atom. The molecule has 5 atom stereocenters.